The van der Waals surface area contributed by atoms with E-state index in [2.05, 4.69) is 30.1 Å². The van der Waals surface area contributed by atoms with Crippen LogP contribution in [-0.4, -0.2) is 48.0 Å². The molecule has 3 heteroatoms. The summed E-state index contributed by atoms with van der Waals surface area (Å²) < 4.78 is 5.63. The molecule has 3 aliphatic carbocycles. The Balaban J connectivity index is 1.42. The zero-order valence-electron chi connectivity index (χ0n) is 18.0. The van der Waals surface area contributed by atoms with Gasteiger partial charge in [-0.3, -0.25) is 4.90 Å². The Labute approximate surface area is 171 Å². The van der Waals surface area contributed by atoms with Crippen LogP contribution < -0.4 is 0 Å². The number of hydrogen-bond acceptors (Lipinski definition) is 3. The number of piperidine rings is 1. The van der Waals surface area contributed by atoms with E-state index in [1.165, 1.54) is 56.3 Å². The van der Waals surface area contributed by atoms with Gasteiger partial charge in [-0.2, -0.15) is 0 Å². The monoisotopic (exact) mass is 385 g/mol. The van der Waals surface area contributed by atoms with E-state index in [0.717, 1.165) is 44.6 Å². The summed E-state index contributed by atoms with van der Waals surface area (Å²) in [7, 11) is 1.79. The summed E-state index contributed by atoms with van der Waals surface area (Å²) in [6, 6.07) is 0.885. The van der Waals surface area contributed by atoms with E-state index in [4.69, 9.17) is 4.74 Å². The van der Waals surface area contributed by atoms with Crippen molar-refractivity contribution in [2.45, 2.75) is 95.3 Å². The predicted octanol–water partition coefficient (Wildman–Crippen LogP) is 5.16. The zero-order chi connectivity index (χ0) is 19.6. The lowest BCUT2D eigenvalue weighted by Crippen LogP contribution is -2.43. The summed E-state index contributed by atoms with van der Waals surface area (Å²) in [4.78, 5) is 2.71. The van der Waals surface area contributed by atoms with Gasteiger partial charge < -0.3 is 9.84 Å². The summed E-state index contributed by atoms with van der Waals surface area (Å²) >= 11 is 0. The Morgan fingerprint density at radius 2 is 1.89 bits per heavy atom. The van der Waals surface area contributed by atoms with Crippen LogP contribution in [0.1, 0.15) is 77.6 Å². The minimum atomic E-state index is -0.672. The number of allylic oxidation sites excluding steroid dienone is 4. The highest BCUT2D eigenvalue weighted by molar-refractivity contribution is 5.38. The van der Waals surface area contributed by atoms with Crippen molar-refractivity contribution in [2.24, 2.45) is 5.92 Å². The van der Waals surface area contributed by atoms with E-state index in [1.54, 1.807) is 12.7 Å². The number of hydrogen-bond donors (Lipinski definition) is 1. The van der Waals surface area contributed by atoms with Crippen molar-refractivity contribution in [3.8, 4) is 0 Å². The van der Waals surface area contributed by atoms with Crippen LogP contribution in [0.3, 0.4) is 0 Å². The minimum Gasteiger partial charge on any atom is -0.385 e. The van der Waals surface area contributed by atoms with Gasteiger partial charge in [0, 0.05) is 32.7 Å². The molecule has 1 aliphatic heterocycles. The Kier molecular flexibility index (Phi) is 6.44. The Morgan fingerprint density at radius 1 is 1.11 bits per heavy atom. The Bertz CT molecular complexity index is 635. The summed E-state index contributed by atoms with van der Waals surface area (Å²) in [5.74, 6) is 0.491. The maximum atomic E-state index is 11.4. The fraction of sp³-hybridized carbons (Fsp3) is 0.760. The van der Waals surface area contributed by atoms with Crippen molar-refractivity contribution in [2.75, 3.05) is 20.2 Å². The van der Waals surface area contributed by atoms with Crippen LogP contribution in [0.15, 0.2) is 34.9 Å². The van der Waals surface area contributed by atoms with Crippen molar-refractivity contribution < 1.29 is 9.84 Å². The van der Waals surface area contributed by atoms with E-state index < -0.39 is 5.60 Å². The van der Waals surface area contributed by atoms with Gasteiger partial charge in [0.15, 0.2) is 0 Å². The van der Waals surface area contributed by atoms with Crippen molar-refractivity contribution in [1.82, 2.24) is 4.90 Å². The van der Waals surface area contributed by atoms with E-state index in [1.807, 2.05) is 0 Å². The molecule has 1 saturated heterocycles. The highest BCUT2D eigenvalue weighted by Crippen LogP contribution is 2.40. The first-order chi connectivity index (χ1) is 13.6. The molecule has 0 amide bonds. The first-order valence-corrected chi connectivity index (χ1v) is 11.7. The molecule has 28 heavy (non-hydrogen) atoms. The van der Waals surface area contributed by atoms with Gasteiger partial charge in [-0.1, -0.05) is 50.0 Å². The molecule has 3 unspecified atom stereocenters. The van der Waals surface area contributed by atoms with Gasteiger partial charge >= 0.3 is 0 Å². The average Bonchev–Trinajstić information content (AvgIpc) is 2.85. The summed E-state index contributed by atoms with van der Waals surface area (Å²) in [6.45, 7) is 4.82. The molecule has 0 aromatic carbocycles. The van der Waals surface area contributed by atoms with Gasteiger partial charge in [-0.05, 0) is 62.0 Å². The van der Waals surface area contributed by atoms with E-state index in [0.29, 0.717) is 5.92 Å². The molecule has 0 spiro atoms. The number of nitrogens with zero attached hydrogens (tertiary/aromatic N) is 1. The fourth-order valence-electron chi connectivity index (χ4n) is 5.58. The number of methoxy groups -OCH3 is 1. The SMILES string of the molecule is COC1CCCCC(O)(C2=CC=C(C=C3CCN(C4CCC4)CC3)C(C)C2)C1. The molecule has 1 N–H and O–H groups in total. The fourth-order valence-corrected chi connectivity index (χ4v) is 5.58. The Hall–Kier alpha value is -0.900. The number of rotatable bonds is 4. The highest BCUT2D eigenvalue weighted by atomic mass is 16.5. The third-order valence-electron chi connectivity index (χ3n) is 7.84. The molecule has 0 radical (unpaired) electrons. The highest BCUT2D eigenvalue weighted by Gasteiger charge is 2.37. The lowest BCUT2D eigenvalue weighted by molar-refractivity contribution is -0.000811. The van der Waals surface area contributed by atoms with Gasteiger partial charge in [0.05, 0.1) is 11.7 Å². The second kappa shape index (κ2) is 8.85. The van der Waals surface area contributed by atoms with Crippen LogP contribution in [0, 0.1) is 5.92 Å². The quantitative estimate of drug-likeness (QED) is 0.678. The number of ether oxygens (including phenoxy) is 1. The molecule has 1 heterocycles. The summed E-state index contributed by atoms with van der Waals surface area (Å²) in [6.07, 6.45) is 19.9. The molecule has 156 valence electrons. The maximum Gasteiger partial charge on any atom is 0.0884 e. The largest absolute Gasteiger partial charge is 0.385 e. The van der Waals surface area contributed by atoms with Crippen LogP contribution in [0.25, 0.3) is 0 Å². The number of aliphatic hydroxyl groups is 1. The van der Waals surface area contributed by atoms with Gasteiger partial charge in [0.25, 0.3) is 0 Å². The standard InChI is InChI=1S/C25H39NO2/c1-19-16-22(25(27)13-4-3-8-24(18-25)28-2)10-9-21(19)17-20-11-14-26(15-12-20)23-6-5-7-23/h9-10,17,19,23-24,27H,3-8,11-16,18H2,1-2H3. The van der Waals surface area contributed by atoms with Gasteiger partial charge in [0.1, 0.15) is 0 Å². The summed E-state index contributed by atoms with van der Waals surface area (Å²) in [5.41, 5.74) is 3.63. The second-order valence-electron chi connectivity index (χ2n) is 9.73. The minimum absolute atomic E-state index is 0.192. The molecule has 0 aromatic heterocycles. The average molecular weight is 386 g/mol. The topological polar surface area (TPSA) is 32.7 Å². The van der Waals surface area contributed by atoms with Crippen molar-refractivity contribution in [1.29, 1.82) is 0 Å². The van der Waals surface area contributed by atoms with E-state index >= 15 is 0 Å². The molecule has 0 aromatic rings. The second-order valence-corrected chi connectivity index (χ2v) is 9.73. The molecule has 3 atom stereocenters. The van der Waals surface area contributed by atoms with E-state index in [9.17, 15) is 5.11 Å². The van der Waals surface area contributed by atoms with Gasteiger partial charge in [-0.25, -0.2) is 0 Å². The van der Waals surface area contributed by atoms with Crippen LogP contribution in [-0.2, 0) is 4.74 Å². The third-order valence-corrected chi connectivity index (χ3v) is 7.84. The zero-order valence-corrected chi connectivity index (χ0v) is 18.0. The first-order valence-electron chi connectivity index (χ1n) is 11.7. The smallest absolute Gasteiger partial charge is 0.0884 e. The van der Waals surface area contributed by atoms with Gasteiger partial charge in [0.2, 0.25) is 0 Å². The van der Waals surface area contributed by atoms with Gasteiger partial charge in [-0.15, -0.1) is 0 Å². The lowest BCUT2D eigenvalue weighted by atomic mass is 9.76. The van der Waals surface area contributed by atoms with Crippen molar-refractivity contribution in [3.05, 3.63) is 34.9 Å². The normalized spacial score (nSPS) is 35.6. The first kappa shape index (κ1) is 20.4. The lowest BCUT2D eigenvalue weighted by Gasteiger charge is -2.40. The van der Waals surface area contributed by atoms with Crippen LogP contribution >= 0.6 is 0 Å². The maximum absolute atomic E-state index is 11.4. The molecule has 4 aliphatic rings. The molecule has 0 bridgehead atoms. The molecular formula is C25H39NO2. The van der Waals surface area contributed by atoms with Crippen molar-refractivity contribution >= 4 is 0 Å². The van der Waals surface area contributed by atoms with Crippen LogP contribution in [0.5, 0.6) is 0 Å². The Morgan fingerprint density at radius 3 is 2.54 bits per heavy atom. The molecular weight excluding hydrogens is 346 g/mol. The summed E-state index contributed by atoms with van der Waals surface area (Å²) in [5, 5.41) is 11.4. The molecule has 4 rings (SSSR count). The predicted molar refractivity (Wildman–Crippen MR) is 115 cm³/mol. The van der Waals surface area contributed by atoms with Crippen LogP contribution in [0.2, 0.25) is 0 Å². The third kappa shape index (κ3) is 4.47. The van der Waals surface area contributed by atoms with E-state index in [-0.39, 0.29) is 6.10 Å². The number of likely N-dealkylation sites (tertiary alicyclic amines) is 1. The van der Waals surface area contributed by atoms with Crippen molar-refractivity contribution in [3.63, 3.8) is 0 Å². The molecule has 3 fully saturated rings. The van der Waals surface area contributed by atoms with Crippen LogP contribution in [0.4, 0.5) is 0 Å². The molecule has 3 nitrogen and oxygen atoms in total. The molecule has 2 saturated carbocycles.